The number of nitrogens with one attached hydrogen (secondary N) is 1. The quantitative estimate of drug-likeness (QED) is 0.535. The Labute approximate surface area is 160 Å². The number of benzene rings is 2. The number of carboxylic acid groups (broad SMARTS) is 1. The first kappa shape index (κ1) is 19.3. The number of fused-ring (bicyclic) bond motifs is 1. The molecule has 0 saturated carbocycles. The highest BCUT2D eigenvalue weighted by Crippen LogP contribution is 2.27. The van der Waals surface area contributed by atoms with E-state index in [1.54, 1.807) is 18.2 Å². The van der Waals surface area contributed by atoms with Gasteiger partial charge in [-0.1, -0.05) is 12.1 Å². The molecule has 1 aliphatic rings. The molecule has 2 aromatic carbocycles. The molecule has 0 spiro atoms. The summed E-state index contributed by atoms with van der Waals surface area (Å²) in [6.07, 6.45) is 2.58. The summed E-state index contributed by atoms with van der Waals surface area (Å²) in [4.78, 5) is 22.9. The van der Waals surface area contributed by atoms with Crippen LogP contribution in [-0.4, -0.2) is 33.9 Å². The van der Waals surface area contributed by atoms with E-state index < -0.39 is 17.1 Å². The number of anilines is 1. The Bertz CT molecular complexity index is 839. The Kier molecular flexibility index (Phi) is 6.36. The Balaban J connectivity index is 1.45. The molecule has 0 bridgehead atoms. The standard InChI is InChI=1S/C20H21NO5S/c22-19-10-7-14-13-15(8-9-17(14)21-19)26-11-3-4-12-27(25)18-6-2-1-5-16(18)20(23)24/h1-2,5-6,8-9,13H,3-4,7,10-12H2,(H,21,22)(H,23,24). The molecule has 0 fully saturated rings. The molecule has 142 valence electrons. The molecule has 1 amide bonds. The predicted octanol–water partition coefficient (Wildman–Crippen LogP) is 3.24. The number of unbranched alkanes of at least 4 members (excludes halogenated alkanes) is 1. The van der Waals surface area contributed by atoms with Crippen molar-refractivity contribution < 1.29 is 24.0 Å². The maximum atomic E-state index is 12.4. The highest BCUT2D eigenvalue weighted by molar-refractivity contribution is 7.91. The Hall–Kier alpha value is -2.51. The van der Waals surface area contributed by atoms with Crippen LogP contribution in [0.4, 0.5) is 5.69 Å². The van der Waals surface area contributed by atoms with Crippen LogP contribution in [0.1, 0.15) is 35.2 Å². The molecular weight excluding hydrogens is 366 g/mol. The van der Waals surface area contributed by atoms with E-state index in [1.807, 2.05) is 18.2 Å². The van der Waals surface area contributed by atoms with Crippen LogP contribution in [0.5, 0.6) is 5.75 Å². The summed E-state index contributed by atoms with van der Waals surface area (Å²) in [6.45, 7) is 0.489. The van der Waals surface area contributed by atoms with Gasteiger partial charge in [-0.2, -0.15) is 0 Å². The van der Waals surface area contributed by atoms with Crippen LogP contribution in [-0.2, 0) is 22.4 Å². The number of carbonyl (C=O) groups excluding carboxylic acids is 1. The first-order chi connectivity index (χ1) is 13.0. The molecule has 6 nitrogen and oxygen atoms in total. The van der Waals surface area contributed by atoms with Gasteiger partial charge in [0.15, 0.2) is 4.90 Å². The molecule has 1 atom stereocenters. The fourth-order valence-corrected chi connectivity index (χ4v) is 4.24. The number of aryl methyl sites for hydroxylation is 1. The number of ether oxygens (including phenoxy) is 1. The second-order valence-electron chi connectivity index (χ2n) is 6.27. The molecule has 2 N–H and O–H groups in total. The van der Waals surface area contributed by atoms with Crippen molar-refractivity contribution in [3.05, 3.63) is 53.6 Å². The van der Waals surface area contributed by atoms with Gasteiger partial charge in [-0.25, -0.2) is 4.79 Å². The minimum Gasteiger partial charge on any atom is -0.611 e. The van der Waals surface area contributed by atoms with Gasteiger partial charge >= 0.3 is 5.97 Å². The van der Waals surface area contributed by atoms with Crippen molar-refractivity contribution in [2.45, 2.75) is 30.6 Å². The van der Waals surface area contributed by atoms with Crippen molar-refractivity contribution in [1.29, 1.82) is 0 Å². The Morgan fingerprint density at radius 1 is 1.19 bits per heavy atom. The van der Waals surface area contributed by atoms with Gasteiger partial charge < -0.3 is 19.7 Å². The molecule has 1 unspecified atom stereocenters. The topological polar surface area (TPSA) is 98.7 Å². The third-order valence-corrected chi connectivity index (χ3v) is 5.83. The normalized spacial score (nSPS) is 14.2. The van der Waals surface area contributed by atoms with Gasteiger partial charge in [0, 0.05) is 12.1 Å². The van der Waals surface area contributed by atoms with E-state index in [9.17, 15) is 19.2 Å². The van der Waals surface area contributed by atoms with Crippen molar-refractivity contribution >= 4 is 28.7 Å². The highest BCUT2D eigenvalue weighted by Gasteiger charge is 2.19. The summed E-state index contributed by atoms with van der Waals surface area (Å²) in [5.74, 6) is 0.117. The van der Waals surface area contributed by atoms with Crippen molar-refractivity contribution in [2.24, 2.45) is 0 Å². The van der Waals surface area contributed by atoms with Crippen LogP contribution in [0.15, 0.2) is 47.4 Å². The smallest absolute Gasteiger partial charge is 0.340 e. The molecule has 0 saturated heterocycles. The Morgan fingerprint density at radius 3 is 2.81 bits per heavy atom. The van der Waals surface area contributed by atoms with Crippen molar-refractivity contribution in [2.75, 3.05) is 17.7 Å². The van der Waals surface area contributed by atoms with Crippen LogP contribution in [0.3, 0.4) is 0 Å². The molecule has 1 aliphatic heterocycles. The lowest BCUT2D eigenvalue weighted by Gasteiger charge is -2.17. The van der Waals surface area contributed by atoms with Crippen molar-refractivity contribution in [3.8, 4) is 5.75 Å². The SMILES string of the molecule is O=C1CCc2cc(OCCCC[S+]([O-])c3ccccc3C(=O)O)ccc2N1. The fourth-order valence-electron chi connectivity index (χ4n) is 2.93. The largest absolute Gasteiger partial charge is 0.611 e. The number of amides is 1. The summed E-state index contributed by atoms with van der Waals surface area (Å²) in [5, 5.41) is 12.0. The van der Waals surface area contributed by atoms with Gasteiger partial charge in [-0.05, 0) is 66.3 Å². The minimum atomic E-state index is -1.35. The van der Waals surface area contributed by atoms with Crippen molar-refractivity contribution in [3.63, 3.8) is 0 Å². The third kappa shape index (κ3) is 5.02. The molecule has 0 aromatic heterocycles. The molecule has 0 radical (unpaired) electrons. The molecule has 1 heterocycles. The molecule has 7 heteroatoms. The van der Waals surface area contributed by atoms with Gasteiger partial charge in [0.05, 0.1) is 6.61 Å². The van der Waals surface area contributed by atoms with Crippen molar-refractivity contribution in [1.82, 2.24) is 0 Å². The minimum absolute atomic E-state index is 0.0358. The van der Waals surface area contributed by atoms with Crippen LogP contribution >= 0.6 is 0 Å². The van der Waals surface area contributed by atoms with Gasteiger partial charge in [0.1, 0.15) is 17.1 Å². The van der Waals surface area contributed by atoms with Crippen LogP contribution in [0, 0.1) is 0 Å². The molecule has 3 rings (SSSR count). The summed E-state index contributed by atoms with van der Waals surface area (Å²) in [5.41, 5.74) is 2.00. The summed E-state index contributed by atoms with van der Waals surface area (Å²) < 4.78 is 18.1. The van der Waals surface area contributed by atoms with Crippen LogP contribution < -0.4 is 10.1 Å². The van der Waals surface area contributed by atoms with Gasteiger partial charge in [-0.3, -0.25) is 4.79 Å². The van der Waals surface area contributed by atoms with E-state index in [4.69, 9.17) is 4.74 Å². The molecular formula is C20H21NO5S. The predicted molar refractivity (Wildman–Crippen MR) is 103 cm³/mol. The number of rotatable bonds is 8. The van der Waals surface area contributed by atoms with E-state index >= 15 is 0 Å². The number of hydrogen-bond donors (Lipinski definition) is 2. The monoisotopic (exact) mass is 387 g/mol. The molecule has 0 aliphatic carbocycles. The lowest BCUT2D eigenvalue weighted by atomic mass is 10.0. The fraction of sp³-hybridized carbons (Fsp3) is 0.300. The number of aromatic carboxylic acids is 1. The van der Waals surface area contributed by atoms with Gasteiger partial charge in [-0.15, -0.1) is 0 Å². The second kappa shape index (κ2) is 8.92. The summed E-state index contributed by atoms with van der Waals surface area (Å²) >= 11 is -1.35. The zero-order valence-electron chi connectivity index (χ0n) is 14.8. The average Bonchev–Trinajstić information content (AvgIpc) is 2.67. The van der Waals surface area contributed by atoms with Crippen LogP contribution in [0.25, 0.3) is 0 Å². The molecule has 2 aromatic rings. The zero-order chi connectivity index (χ0) is 19.2. The number of carbonyl (C=O) groups is 2. The number of hydrogen-bond acceptors (Lipinski definition) is 4. The van der Waals surface area contributed by atoms with E-state index in [1.165, 1.54) is 6.07 Å². The lowest BCUT2D eigenvalue weighted by Crippen LogP contribution is -2.18. The highest BCUT2D eigenvalue weighted by atomic mass is 32.2. The number of carboxylic acids is 1. The van der Waals surface area contributed by atoms with Gasteiger partial charge in [0.25, 0.3) is 0 Å². The summed E-state index contributed by atoms with van der Waals surface area (Å²) in [7, 11) is 0. The van der Waals surface area contributed by atoms with Gasteiger partial charge in [0.2, 0.25) is 5.91 Å². The first-order valence-electron chi connectivity index (χ1n) is 8.81. The maximum absolute atomic E-state index is 12.4. The lowest BCUT2D eigenvalue weighted by molar-refractivity contribution is -0.116. The summed E-state index contributed by atoms with van der Waals surface area (Å²) in [6, 6.07) is 12.0. The average molecular weight is 387 g/mol. The Morgan fingerprint density at radius 2 is 2.00 bits per heavy atom. The second-order valence-corrected chi connectivity index (χ2v) is 7.81. The maximum Gasteiger partial charge on any atom is 0.340 e. The van der Waals surface area contributed by atoms with Crippen LogP contribution in [0.2, 0.25) is 0 Å². The van der Waals surface area contributed by atoms with E-state index in [-0.39, 0.29) is 11.5 Å². The van der Waals surface area contributed by atoms with E-state index in [0.29, 0.717) is 36.5 Å². The van der Waals surface area contributed by atoms with E-state index in [2.05, 4.69) is 5.32 Å². The third-order valence-electron chi connectivity index (χ3n) is 4.33. The van der Waals surface area contributed by atoms with E-state index in [0.717, 1.165) is 23.4 Å². The zero-order valence-corrected chi connectivity index (χ0v) is 15.6. The molecule has 27 heavy (non-hydrogen) atoms. The first-order valence-corrected chi connectivity index (χ1v) is 10.1.